The predicted octanol–water partition coefficient (Wildman–Crippen LogP) is 4.58. The molecule has 0 fully saturated rings. The van der Waals surface area contributed by atoms with E-state index in [4.69, 9.17) is 5.14 Å². The monoisotopic (exact) mass is 389 g/mol. The van der Waals surface area contributed by atoms with E-state index < -0.39 is 10.7 Å². The lowest BCUT2D eigenvalue weighted by atomic mass is 9.65. The van der Waals surface area contributed by atoms with Crippen LogP contribution in [0.4, 0.5) is 0 Å². The predicted molar refractivity (Wildman–Crippen MR) is 115 cm³/mol. The molecule has 0 spiro atoms. The summed E-state index contributed by atoms with van der Waals surface area (Å²) < 4.78 is 0. The van der Waals surface area contributed by atoms with Crippen molar-refractivity contribution >= 4 is 16.4 Å². The zero-order valence-electron chi connectivity index (χ0n) is 16.4. The summed E-state index contributed by atoms with van der Waals surface area (Å²) >= 11 is 0. The highest BCUT2D eigenvalue weighted by Crippen LogP contribution is 2.50. The Hall–Kier alpha value is -2.27. The van der Waals surface area contributed by atoms with Gasteiger partial charge in [0.1, 0.15) is 0 Å². The molecule has 2 aromatic carbocycles. The van der Waals surface area contributed by atoms with E-state index in [1.807, 2.05) is 11.4 Å². The van der Waals surface area contributed by atoms with Gasteiger partial charge in [-0.1, -0.05) is 55.5 Å². The number of nitrogens with two attached hydrogens (primary N) is 1. The number of nitrogens with zero attached hydrogens (tertiary/aromatic N) is 1. The number of ketones is 1. The van der Waals surface area contributed by atoms with E-state index in [1.54, 1.807) is 0 Å². The van der Waals surface area contributed by atoms with Crippen LogP contribution in [-0.4, -0.2) is 17.2 Å². The summed E-state index contributed by atoms with van der Waals surface area (Å²) in [5, 5.41) is 8.55. The lowest BCUT2D eigenvalue weighted by molar-refractivity contribution is 0.102. The van der Waals surface area contributed by atoms with Crippen molar-refractivity contribution in [2.24, 2.45) is 0 Å². The third kappa shape index (κ3) is 2.52. The molecule has 0 amide bonds. The minimum absolute atomic E-state index is 0.152. The van der Waals surface area contributed by atoms with E-state index in [0.717, 1.165) is 37.2 Å². The van der Waals surface area contributed by atoms with Gasteiger partial charge in [-0.3, -0.25) is 9.69 Å². The van der Waals surface area contributed by atoms with Crippen LogP contribution in [0.3, 0.4) is 0 Å². The molecule has 3 nitrogen and oxygen atoms in total. The number of rotatable bonds is 3. The average molecular weight is 390 g/mol. The van der Waals surface area contributed by atoms with Crippen molar-refractivity contribution in [2.45, 2.75) is 38.8 Å². The number of hydrogen-bond donors (Lipinski definition) is 1. The van der Waals surface area contributed by atoms with Crippen LogP contribution in [0.2, 0.25) is 0 Å². The second-order valence-corrected chi connectivity index (χ2v) is 9.70. The van der Waals surface area contributed by atoms with Crippen molar-refractivity contribution in [3.8, 4) is 0 Å². The minimum Gasteiger partial charge on any atom is -0.289 e. The average Bonchev–Trinajstić information content (AvgIpc) is 3.04. The molecule has 2 N–H and O–H groups in total. The Kier molecular flexibility index (Phi) is 4.05. The van der Waals surface area contributed by atoms with Crippen LogP contribution in [0.5, 0.6) is 0 Å². The molecule has 142 valence electrons. The molecule has 2 heterocycles. The van der Waals surface area contributed by atoms with Crippen LogP contribution in [-0.2, 0) is 24.9 Å². The van der Waals surface area contributed by atoms with Gasteiger partial charge in [0.2, 0.25) is 0 Å². The fourth-order valence-electron chi connectivity index (χ4n) is 5.02. The smallest absolute Gasteiger partial charge is 0.198 e. The minimum atomic E-state index is -0.466. The summed E-state index contributed by atoms with van der Waals surface area (Å²) in [6.07, 6.45) is 0.973. The van der Waals surface area contributed by atoms with Crippen LogP contribution in [0.15, 0.2) is 53.9 Å². The fourth-order valence-corrected chi connectivity index (χ4v) is 6.54. The van der Waals surface area contributed by atoms with Gasteiger partial charge >= 0.3 is 0 Å². The quantitative estimate of drug-likeness (QED) is 0.667. The number of carbonyl (C=O) groups is 1. The summed E-state index contributed by atoms with van der Waals surface area (Å²) in [4.78, 5) is 17.0. The largest absolute Gasteiger partial charge is 0.289 e. The molecule has 4 heteroatoms. The van der Waals surface area contributed by atoms with Gasteiger partial charge in [0.15, 0.2) is 16.0 Å². The fraction of sp³-hybridized carbons (Fsp3) is 0.292. The van der Waals surface area contributed by atoms with Crippen molar-refractivity contribution in [1.29, 1.82) is 0 Å². The third-order valence-electron chi connectivity index (χ3n) is 6.36. The van der Waals surface area contributed by atoms with Gasteiger partial charge in [-0.05, 0) is 30.0 Å². The van der Waals surface area contributed by atoms with Crippen molar-refractivity contribution < 1.29 is 4.79 Å². The Morgan fingerprint density at radius 2 is 1.89 bits per heavy atom. The third-order valence-corrected chi connectivity index (χ3v) is 7.75. The second-order valence-electron chi connectivity index (χ2n) is 8.23. The van der Waals surface area contributed by atoms with Gasteiger partial charge in [-0.25, -0.2) is 0 Å². The Balaban J connectivity index is 1.66. The molecule has 1 aliphatic carbocycles. The van der Waals surface area contributed by atoms with Crippen LogP contribution in [0.25, 0.3) is 0 Å². The lowest BCUT2D eigenvalue weighted by Crippen LogP contribution is -2.47. The van der Waals surface area contributed by atoms with Gasteiger partial charge in [0.25, 0.3) is 0 Å². The highest BCUT2D eigenvalue weighted by atomic mass is 32.2. The number of benzene rings is 2. The molecule has 5 rings (SSSR count). The standard InChI is InChI=1S/C24H25N2OS/c1-3-16-9-10-18-20(11-16)24(2)15-26(12-17-7-5-4-6-8-17)13-21-22(24)19(23(18)27)14-28(21)25/h4-11,14H,3,12-13,15,25H2,1-2H3/q+1. The van der Waals surface area contributed by atoms with E-state index in [2.05, 4.69) is 61.2 Å². The topological polar surface area (TPSA) is 46.3 Å². The van der Waals surface area contributed by atoms with Crippen molar-refractivity contribution in [2.75, 3.05) is 11.7 Å². The van der Waals surface area contributed by atoms with Gasteiger partial charge in [0.05, 0.1) is 22.8 Å². The molecule has 0 radical (unpaired) electrons. The Morgan fingerprint density at radius 1 is 1.11 bits per heavy atom. The Labute approximate surface area is 168 Å². The van der Waals surface area contributed by atoms with Gasteiger partial charge in [0, 0.05) is 29.6 Å². The normalized spacial score (nSPS) is 21.4. The molecule has 0 saturated heterocycles. The molecule has 2 unspecified atom stereocenters. The van der Waals surface area contributed by atoms with E-state index in [0.29, 0.717) is 0 Å². The van der Waals surface area contributed by atoms with Gasteiger partial charge in [-0.15, -0.1) is 5.14 Å². The maximum atomic E-state index is 13.2. The zero-order valence-corrected chi connectivity index (χ0v) is 17.2. The number of hydrogen-bond acceptors (Lipinski definition) is 3. The molecule has 0 saturated carbocycles. The number of carbonyl (C=O) groups excluding carboxylic acids is 1. The molecule has 2 aliphatic rings. The molecule has 1 aromatic heterocycles. The van der Waals surface area contributed by atoms with Crippen LogP contribution >= 0.6 is 10.7 Å². The SMILES string of the molecule is CCc1ccc2c(c1)C1(C)CN(Cc3ccccc3)Cc3c1c(c[s+]3N)C2=O. The maximum Gasteiger partial charge on any atom is 0.198 e. The maximum absolute atomic E-state index is 13.2. The number of fused-ring (bicyclic) bond motifs is 2. The molecular weight excluding hydrogens is 364 g/mol. The van der Waals surface area contributed by atoms with E-state index in [1.165, 1.54) is 27.1 Å². The Morgan fingerprint density at radius 3 is 2.64 bits per heavy atom. The van der Waals surface area contributed by atoms with Crippen LogP contribution in [0.1, 0.15) is 56.9 Å². The Bertz CT molecular complexity index is 1090. The van der Waals surface area contributed by atoms with E-state index >= 15 is 0 Å². The van der Waals surface area contributed by atoms with Gasteiger partial charge in [-0.2, -0.15) is 0 Å². The molecule has 28 heavy (non-hydrogen) atoms. The molecule has 1 aliphatic heterocycles. The van der Waals surface area contributed by atoms with Gasteiger partial charge < -0.3 is 0 Å². The zero-order chi connectivity index (χ0) is 19.5. The summed E-state index contributed by atoms with van der Waals surface area (Å²) in [5.41, 5.74) is 6.52. The first-order valence-corrected chi connectivity index (χ1v) is 11.2. The number of aryl methyl sites for hydroxylation is 1. The highest BCUT2D eigenvalue weighted by Gasteiger charge is 2.50. The molecule has 2 atom stereocenters. The van der Waals surface area contributed by atoms with E-state index in [-0.39, 0.29) is 11.2 Å². The summed E-state index contributed by atoms with van der Waals surface area (Å²) in [6.45, 7) is 7.12. The first kappa shape index (κ1) is 17.8. The first-order valence-electron chi connectivity index (χ1n) is 9.89. The summed E-state index contributed by atoms with van der Waals surface area (Å²) in [6, 6.07) is 17.0. The van der Waals surface area contributed by atoms with Crippen molar-refractivity contribution in [1.82, 2.24) is 4.90 Å². The van der Waals surface area contributed by atoms with Crippen molar-refractivity contribution in [3.63, 3.8) is 0 Å². The second kappa shape index (κ2) is 6.38. The van der Waals surface area contributed by atoms with Crippen LogP contribution < -0.4 is 5.14 Å². The summed E-state index contributed by atoms with van der Waals surface area (Å²) in [7, 11) is -0.466. The van der Waals surface area contributed by atoms with Crippen LogP contribution in [0, 0.1) is 0 Å². The lowest BCUT2D eigenvalue weighted by Gasteiger charge is -2.42. The number of thiophene rings is 1. The number of nitrogen functional groups attached to an aromatic ring is 1. The summed E-state index contributed by atoms with van der Waals surface area (Å²) in [5.74, 6) is 0.152. The van der Waals surface area contributed by atoms with E-state index in [9.17, 15) is 4.79 Å². The molecular formula is C24H25N2OS+. The van der Waals surface area contributed by atoms with Crippen molar-refractivity contribution in [3.05, 3.63) is 92.2 Å². The first-order chi connectivity index (χ1) is 13.5. The molecule has 3 aromatic rings. The molecule has 0 bridgehead atoms. The highest BCUT2D eigenvalue weighted by molar-refractivity contribution is 7.30.